The molecule has 6 heteroatoms. The lowest BCUT2D eigenvalue weighted by Crippen LogP contribution is -2.28. The molecule has 0 aliphatic rings. The Morgan fingerprint density at radius 2 is 2.00 bits per heavy atom. The highest BCUT2D eigenvalue weighted by molar-refractivity contribution is 5.64. The fraction of sp³-hybridized carbons (Fsp3) is 0.364. The van der Waals surface area contributed by atoms with Gasteiger partial charge in [0.05, 0.1) is 4.92 Å². The second kappa shape index (κ2) is 5.29. The van der Waals surface area contributed by atoms with Gasteiger partial charge in [0, 0.05) is 25.7 Å². The van der Waals surface area contributed by atoms with Crippen molar-refractivity contribution in [3.8, 4) is 0 Å². The normalized spacial score (nSPS) is 11.9. The Balaban J connectivity index is 2.73. The molecule has 0 aliphatic carbocycles. The number of hydrogen-bond donors (Lipinski definition) is 1. The van der Waals surface area contributed by atoms with E-state index < -0.39 is 11.0 Å². The van der Waals surface area contributed by atoms with Crippen molar-refractivity contribution in [2.75, 3.05) is 13.6 Å². The smallest absolute Gasteiger partial charge is 0.407 e. The maximum Gasteiger partial charge on any atom is 0.407 e. The molecule has 0 spiro atoms. The number of carbonyl (C=O) groups is 1. The Hall–Kier alpha value is -2.11. The topological polar surface area (TPSA) is 83.7 Å². The van der Waals surface area contributed by atoms with Crippen molar-refractivity contribution < 1.29 is 14.8 Å². The van der Waals surface area contributed by atoms with Gasteiger partial charge in [-0.3, -0.25) is 10.1 Å². The lowest BCUT2D eigenvalue weighted by Gasteiger charge is -2.18. The predicted molar refractivity (Wildman–Crippen MR) is 62.2 cm³/mol. The largest absolute Gasteiger partial charge is 0.465 e. The van der Waals surface area contributed by atoms with Gasteiger partial charge in [0.15, 0.2) is 0 Å². The van der Waals surface area contributed by atoms with Crippen molar-refractivity contribution >= 4 is 11.8 Å². The zero-order valence-corrected chi connectivity index (χ0v) is 9.66. The van der Waals surface area contributed by atoms with Gasteiger partial charge in [0.25, 0.3) is 5.69 Å². The molecule has 1 aromatic rings. The van der Waals surface area contributed by atoms with E-state index >= 15 is 0 Å². The number of nitro groups is 1. The summed E-state index contributed by atoms with van der Waals surface area (Å²) >= 11 is 0. The van der Waals surface area contributed by atoms with E-state index in [1.165, 1.54) is 24.1 Å². The zero-order valence-electron chi connectivity index (χ0n) is 9.66. The Bertz CT molecular complexity index is 416. The molecule has 1 atom stereocenters. The van der Waals surface area contributed by atoms with Crippen molar-refractivity contribution in [1.82, 2.24) is 4.90 Å². The second-order valence-electron chi connectivity index (χ2n) is 3.91. The highest BCUT2D eigenvalue weighted by Gasteiger charge is 2.13. The van der Waals surface area contributed by atoms with Crippen LogP contribution in [0.1, 0.15) is 18.4 Å². The molecular formula is C11H14N2O4. The number of hydrogen-bond acceptors (Lipinski definition) is 3. The molecule has 1 aromatic carbocycles. The molecule has 0 aromatic heterocycles. The average molecular weight is 238 g/mol. The van der Waals surface area contributed by atoms with Crippen molar-refractivity contribution in [3.63, 3.8) is 0 Å². The molecule has 0 saturated carbocycles. The maximum absolute atomic E-state index is 10.6. The van der Waals surface area contributed by atoms with Crippen LogP contribution in [0.25, 0.3) is 0 Å². The molecule has 17 heavy (non-hydrogen) atoms. The standard InChI is InChI=1S/C11H14N2O4/c1-8(7-12(2)11(14)15)9-3-5-10(6-4-9)13(16)17/h3-6,8H,7H2,1-2H3,(H,14,15). The summed E-state index contributed by atoms with van der Waals surface area (Å²) in [4.78, 5) is 21.8. The minimum absolute atomic E-state index is 0.00287. The highest BCUT2D eigenvalue weighted by Crippen LogP contribution is 2.19. The average Bonchev–Trinajstić information content (AvgIpc) is 2.28. The molecule has 0 saturated heterocycles. The van der Waals surface area contributed by atoms with E-state index in [0.29, 0.717) is 6.54 Å². The highest BCUT2D eigenvalue weighted by atomic mass is 16.6. The first-order valence-electron chi connectivity index (χ1n) is 5.10. The van der Waals surface area contributed by atoms with E-state index in [4.69, 9.17) is 5.11 Å². The van der Waals surface area contributed by atoms with Crippen LogP contribution in [0.3, 0.4) is 0 Å². The number of carboxylic acid groups (broad SMARTS) is 1. The van der Waals surface area contributed by atoms with Crippen LogP contribution in [0.5, 0.6) is 0 Å². The fourth-order valence-electron chi connectivity index (χ4n) is 1.52. The number of benzene rings is 1. The van der Waals surface area contributed by atoms with E-state index in [0.717, 1.165) is 5.56 Å². The maximum atomic E-state index is 10.6. The van der Waals surface area contributed by atoms with Gasteiger partial charge in [-0.1, -0.05) is 19.1 Å². The summed E-state index contributed by atoms with van der Waals surface area (Å²) in [5, 5.41) is 19.2. The van der Waals surface area contributed by atoms with E-state index in [1.54, 1.807) is 12.1 Å². The van der Waals surface area contributed by atoms with Gasteiger partial charge < -0.3 is 10.0 Å². The Morgan fingerprint density at radius 1 is 1.47 bits per heavy atom. The van der Waals surface area contributed by atoms with Crippen molar-refractivity contribution in [1.29, 1.82) is 0 Å². The van der Waals surface area contributed by atoms with Crippen LogP contribution in [-0.2, 0) is 0 Å². The number of amides is 1. The van der Waals surface area contributed by atoms with Crippen LogP contribution < -0.4 is 0 Å². The molecular weight excluding hydrogens is 224 g/mol. The fourth-order valence-corrected chi connectivity index (χ4v) is 1.52. The van der Waals surface area contributed by atoms with Crippen molar-refractivity contribution in [3.05, 3.63) is 39.9 Å². The van der Waals surface area contributed by atoms with Crippen LogP contribution in [0, 0.1) is 10.1 Å². The lowest BCUT2D eigenvalue weighted by atomic mass is 10.0. The monoisotopic (exact) mass is 238 g/mol. The van der Waals surface area contributed by atoms with Crippen molar-refractivity contribution in [2.24, 2.45) is 0 Å². The second-order valence-corrected chi connectivity index (χ2v) is 3.91. The van der Waals surface area contributed by atoms with Crippen molar-refractivity contribution in [2.45, 2.75) is 12.8 Å². The molecule has 1 N–H and O–H groups in total. The Labute approximate surface area is 98.6 Å². The minimum atomic E-state index is -0.987. The van der Waals surface area contributed by atoms with E-state index in [-0.39, 0.29) is 11.6 Å². The minimum Gasteiger partial charge on any atom is -0.465 e. The Morgan fingerprint density at radius 3 is 2.41 bits per heavy atom. The molecule has 92 valence electrons. The van der Waals surface area contributed by atoms with Crippen LogP contribution >= 0.6 is 0 Å². The SMILES string of the molecule is CC(CN(C)C(=O)O)c1ccc([N+](=O)[O-])cc1. The summed E-state index contributed by atoms with van der Waals surface area (Å²) in [5.41, 5.74) is 0.913. The number of nitrogens with zero attached hydrogens (tertiary/aromatic N) is 2. The number of rotatable bonds is 4. The summed E-state index contributed by atoms with van der Waals surface area (Å²) in [5.74, 6) is -0.00287. The number of likely N-dealkylation sites (N-methyl/N-ethyl adjacent to an activating group) is 1. The first-order chi connectivity index (χ1) is 7.91. The van der Waals surface area contributed by atoms with Gasteiger partial charge in [-0.2, -0.15) is 0 Å². The summed E-state index contributed by atoms with van der Waals surface area (Å²) in [7, 11) is 1.49. The molecule has 0 radical (unpaired) electrons. The van der Waals surface area contributed by atoms with E-state index in [9.17, 15) is 14.9 Å². The van der Waals surface area contributed by atoms with Crippen LogP contribution in [0.4, 0.5) is 10.5 Å². The molecule has 0 bridgehead atoms. The molecule has 6 nitrogen and oxygen atoms in total. The van der Waals surface area contributed by atoms with Gasteiger partial charge in [-0.25, -0.2) is 4.79 Å². The number of non-ortho nitro benzene ring substituents is 1. The quantitative estimate of drug-likeness (QED) is 0.644. The summed E-state index contributed by atoms with van der Waals surface area (Å²) in [6.07, 6.45) is -0.987. The molecule has 0 heterocycles. The first-order valence-corrected chi connectivity index (χ1v) is 5.10. The Kier molecular flexibility index (Phi) is 4.03. The van der Waals surface area contributed by atoms with Crippen LogP contribution in [0.2, 0.25) is 0 Å². The molecule has 1 unspecified atom stereocenters. The molecule has 1 rings (SSSR count). The molecule has 0 fully saturated rings. The van der Waals surface area contributed by atoms with E-state index in [2.05, 4.69) is 0 Å². The van der Waals surface area contributed by atoms with Gasteiger partial charge >= 0.3 is 6.09 Å². The zero-order chi connectivity index (χ0) is 13.0. The third kappa shape index (κ3) is 3.44. The summed E-state index contributed by atoms with van der Waals surface area (Å²) in [6, 6.07) is 6.15. The summed E-state index contributed by atoms with van der Waals surface area (Å²) in [6.45, 7) is 2.23. The third-order valence-corrected chi connectivity index (χ3v) is 2.55. The molecule has 1 amide bonds. The predicted octanol–water partition coefficient (Wildman–Crippen LogP) is 2.31. The third-order valence-electron chi connectivity index (χ3n) is 2.55. The lowest BCUT2D eigenvalue weighted by molar-refractivity contribution is -0.384. The van der Waals surface area contributed by atoms with Gasteiger partial charge in [0.2, 0.25) is 0 Å². The van der Waals surface area contributed by atoms with E-state index in [1.807, 2.05) is 6.92 Å². The molecule has 0 aliphatic heterocycles. The van der Waals surface area contributed by atoms with Crippen LogP contribution in [-0.4, -0.2) is 34.6 Å². The summed E-state index contributed by atoms with van der Waals surface area (Å²) < 4.78 is 0. The van der Waals surface area contributed by atoms with Crippen LogP contribution in [0.15, 0.2) is 24.3 Å². The van der Waals surface area contributed by atoms with Gasteiger partial charge in [-0.15, -0.1) is 0 Å². The van der Waals surface area contributed by atoms with Gasteiger partial charge in [-0.05, 0) is 11.5 Å². The first kappa shape index (κ1) is 13.0. The number of nitro benzene ring substituents is 1. The van der Waals surface area contributed by atoms with Gasteiger partial charge in [0.1, 0.15) is 0 Å².